The molecule has 2 bridgehead atoms. The number of ether oxygens (including phenoxy) is 2. The van der Waals surface area contributed by atoms with Gasteiger partial charge in [-0.25, -0.2) is 9.18 Å². The van der Waals surface area contributed by atoms with Crippen LogP contribution in [0.3, 0.4) is 0 Å². The van der Waals surface area contributed by atoms with Gasteiger partial charge in [0, 0.05) is 86.7 Å². The maximum Gasteiger partial charge on any atom is 0.407 e. The molecular weight excluding hydrogens is 724 g/mol. The summed E-state index contributed by atoms with van der Waals surface area (Å²) in [5.74, 6) is 0.526. The van der Waals surface area contributed by atoms with Crippen molar-refractivity contribution in [2.45, 2.75) is 76.6 Å². The van der Waals surface area contributed by atoms with Crippen LogP contribution < -0.4 is 10.6 Å². The highest BCUT2D eigenvalue weighted by molar-refractivity contribution is 6.04. The second-order valence-corrected chi connectivity index (χ2v) is 15.9. The van der Waals surface area contributed by atoms with Gasteiger partial charge in [0.2, 0.25) is 11.8 Å². The number of allylic oxidation sites excluding steroid dienone is 2. The SMILES string of the molecule is COC(=O)N[C@H](C(=O)N1CCCC1C1=NC=C(c2ccc(-c3ccc(C4=CN=C(C5C6CCC(C6)[C@H]5C(=O)NCc5cccnc5)C4)cc3)c(F)c2)C1)[C@@H](C)OC. The van der Waals surface area contributed by atoms with Gasteiger partial charge in [-0.15, -0.1) is 0 Å². The first-order chi connectivity index (χ1) is 27.7. The molecule has 4 unspecified atom stereocenters. The zero-order valence-electron chi connectivity index (χ0n) is 32.6. The molecule has 4 heterocycles. The van der Waals surface area contributed by atoms with E-state index < -0.39 is 18.2 Å². The Labute approximate surface area is 332 Å². The van der Waals surface area contributed by atoms with Crippen LogP contribution in [0.1, 0.15) is 68.6 Å². The largest absolute Gasteiger partial charge is 0.453 e. The number of nitrogens with one attached hydrogen (secondary N) is 2. The van der Waals surface area contributed by atoms with Crippen molar-refractivity contribution in [3.05, 3.63) is 102 Å². The maximum atomic E-state index is 15.8. The third kappa shape index (κ3) is 7.79. The van der Waals surface area contributed by atoms with Gasteiger partial charge in [-0.05, 0) is 96.4 Å². The van der Waals surface area contributed by atoms with Gasteiger partial charge in [-0.2, -0.15) is 0 Å². The van der Waals surface area contributed by atoms with Gasteiger partial charge in [0.15, 0.2) is 0 Å². The standard InChI is InChI=1S/C45H49FN6O5/c1-26(56-2)42(51-45(55)57-3)44(54)52-17-5-7-39(52)37-20-34(25-48-37)30-14-15-35(36(46)19-30)29-10-8-28(9-11-29)33-21-38(49-24-33)40-31-12-13-32(18-31)41(40)43(53)50-23-27-6-4-16-47-22-27/h4,6,8-11,14-16,19,22,24-26,31-32,39-42H,5,7,12-13,17-18,20-21,23H2,1-3H3,(H,50,53)(H,51,55)/t26-,31?,32?,39?,40?,41-,42+/m1/s1. The maximum absolute atomic E-state index is 15.8. The smallest absolute Gasteiger partial charge is 0.407 e. The lowest BCUT2D eigenvalue weighted by Gasteiger charge is -2.31. The number of alkyl carbamates (subject to hydrolysis) is 1. The van der Waals surface area contributed by atoms with Crippen molar-refractivity contribution < 1.29 is 28.2 Å². The summed E-state index contributed by atoms with van der Waals surface area (Å²) >= 11 is 0. The topological polar surface area (TPSA) is 135 Å². The van der Waals surface area contributed by atoms with Gasteiger partial charge >= 0.3 is 6.09 Å². The number of methoxy groups -OCH3 is 2. The molecule has 1 saturated heterocycles. The molecule has 1 aromatic heterocycles. The van der Waals surface area contributed by atoms with E-state index in [4.69, 9.17) is 19.5 Å². The van der Waals surface area contributed by atoms with E-state index in [1.54, 1.807) is 36.5 Å². The number of pyridine rings is 1. The van der Waals surface area contributed by atoms with Crippen molar-refractivity contribution in [3.8, 4) is 11.1 Å². The lowest BCUT2D eigenvalue weighted by Crippen LogP contribution is -2.56. The molecular formula is C45H49FN6O5. The summed E-state index contributed by atoms with van der Waals surface area (Å²) in [6.45, 7) is 2.74. The minimum Gasteiger partial charge on any atom is -0.453 e. The molecule has 2 N–H and O–H groups in total. The van der Waals surface area contributed by atoms with Gasteiger partial charge in [-0.1, -0.05) is 42.5 Å². The van der Waals surface area contributed by atoms with Crippen LogP contribution in [0.5, 0.6) is 0 Å². The van der Waals surface area contributed by atoms with Crippen molar-refractivity contribution in [2.75, 3.05) is 20.8 Å². The van der Waals surface area contributed by atoms with E-state index in [-0.39, 0.29) is 35.5 Å². The van der Waals surface area contributed by atoms with E-state index >= 15 is 4.39 Å². The Morgan fingerprint density at radius 3 is 2.37 bits per heavy atom. The predicted molar refractivity (Wildman–Crippen MR) is 216 cm³/mol. The molecule has 2 saturated carbocycles. The molecule has 3 fully saturated rings. The molecule has 3 aromatic rings. The van der Waals surface area contributed by atoms with Crippen LogP contribution in [0.25, 0.3) is 22.3 Å². The predicted octanol–water partition coefficient (Wildman–Crippen LogP) is 6.99. The molecule has 8 rings (SSSR count). The van der Waals surface area contributed by atoms with Crippen LogP contribution in [-0.2, 0) is 25.6 Å². The molecule has 0 radical (unpaired) electrons. The summed E-state index contributed by atoms with van der Waals surface area (Å²) in [5.41, 5.74) is 7.99. The fourth-order valence-electron chi connectivity index (χ4n) is 9.68. The lowest BCUT2D eigenvalue weighted by atomic mass is 9.75. The number of aliphatic imine (C=N–C) groups is 2. The normalized spacial score (nSPS) is 24.7. The zero-order chi connectivity index (χ0) is 39.6. The molecule has 2 aliphatic carbocycles. The van der Waals surface area contributed by atoms with E-state index in [1.807, 2.05) is 54.7 Å². The Kier molecular flexibility index (Phi) is 11.1. The Morgan fingerprint density at radius 1 is 0.912 bits per heavy atom. The lowest BCUT2D eigenvalue weighted by molar-refractivity contribution is -0.136. The molecule has 11 nitrogen and oxygen atoms in total. The van der Waals surface area contributed by atoms with Crippen LogP contribution >= 0.6 is 0 Å². The highest BCUT2D eigenvalue weighted by atomic mass is 19.1. The van der Waals surface area contributed by atoms with E-state index in [0.717, 1.165) is 76.9 Å². The number of fused-ring (bicyclic) bond motifs is 2. The van der Waals surface area contributed by atoms with Gasteiger partial charge in [-0.3, -0.25) is 24.6 Å². The zero-order valence-corrected chi connectivity index (χ0v) is 32.6. The van der Waals surface area contributed by atoms with E-state index in [9.17, 15) is 14.4 Å². The Bertz CT molecular complexity index is 2150. The summed E-state index contributed by atoms with van der Waals surface area (Å²) in [6, 6.07) is 16.0. The third-order valence-corrected chi connectivity index (χ3v) is 12.7. The second-order valence-electron chi connectivity index (χ2n) is 15.9. The third-order valence-electron chi connectivity index (χ3n) is 12.7. The Hall–Kier alpha value is -5.49. The van der Waals surface area contributed by atoms with Crippen molar-refractivity contribution >= 4 is 40.5 Å². The number of carbonyl (C=O) groups is 3. The number of hydrogen-bond acceptors (Lipinski definition) is 8. The summed E-state index contributed by atoms with van der Waals surface area (Å²) in [7, 11) is 2.75. The number of nitrogens with zero attached hydrogens (tertiary/aromatic N) is 4. The summed E-state index contributed by atoms with van der Waals surface area (Å²) in [4.78, 5) is 54.7. The van der Waals surface area contributed by atoms with E-state index in [1.165, 1.54) is 14.2 Å². The minimum atomic E-state index is -0.905. The van der Waals surface area contributed by atoms with Crippen LogP contribution in [-0.4, -0.2) is 78.2 Å². The number of hydrogen-bond donors (Lipinski definition) is 2. The molecule has 7 atom stereocenters. The molecule has 12 heteroatoms. The van der Waals surface area contributed by atoms with Crippen LogP contribution in [0.2, 0.25) is 0 Å². The first kappa shape index (κ1) is 38.4. The molecule has 2 aromatic carbocycles. The monoisotopic (exact) mass is 772 g/mol. The second kappa shape index (κ2) is 16.5. The number of benzene rings is 2. The first-order valence-corrected chi connectivity index (χ1v) is 20.0. The fourth-order valence-corrected chi connectivity index (χ4v) is 9.68. The highest BCUT2D eigenvalue weighted by Gasteiger charge is 2.52. The van der Waals surface area contributed by atoms with Gasteiger partial charge < -0.3 is 25.0 Å². The fraction of sp³-hybridized carbons (Fsp3) is 0.422. The number of amides is 3. The van der Waals surface area contributed by atoms with Crippen molar-refractivity contribution in [3.63, 3.8) is 0 Å². The number of aromatic nitrogens is 1. The van der Waals surface area contributed by atoms with Crippen LogP contribution in [0.4, 0.5) is 9.18 Å². The average Bonchev–Trinajstić information content (AvgIpc) is 4.10. The molecule has 57 heavy (non-hydrogen) atoms. The number of rotatable bonds is 12. The number of halogens is 1. The number of likely N-dealkylation sites (tertiary alicyclic amines) is 1. The van der Waals surface area contributed by atoms with Crippen molar-refractivity contribution in [1.82, 2.24) is 20.5 Å². The first-order valence-electron chi connectivity index (χ1n) is 20.0. The molecule has 3 aliphatic heterocycles. The highest BCUT2D eigenvalue weighted by Crippen LogP contribution is 2.54. The minimum absolute atomic E-state index is 0.0559. The van der Waals surface area contributed by atoms with Gasteiger partial charge in [0.1, 0.15) is 11.9 Å². The van der Waals surface area contributed by atoms with Crippen LogP contribution in [0, 0.1) is 29.5 Å². The summed E-state index contributed by atoms with van der Waals surface area (Å²) in [6.07, 6.45) is 12.1. The van der Waals surface area contributed by atoms with Crippen molar-refractivity contribution in [2.24, 2.45) is 33.7 Å². The molecule has 296 valence electrons. The van der Waals surface area contributed by atoms with E-state index in [0.29, 0.717) is 43.3 Å². The Balaban J connectivity index is 0.881. The molecule has 0 spiro atoms. The summed E-state index contributed by atoms with van der Waals surface area (Å²) in [5, 5.41) is 5.80. The van der Waals surface area contributed by atoms with Gasteiger partial charge in [0.05, 0.1) is 19.3 Å². The Morgan fingerprint density at radius 2 is 1.63 bits per heavy atom. The van der Waals surface area contributed by atoms with Gasteiger partial charge in [0.25, 0.3) is 0 Å². The average molecular weight is 773 g/mol. The van der Waals surface area contributed by atoms with Crippen molar-refractivity contribution in [1.29, 1.82) is 0 Å². The molecule has 5 aliphatic rings. The van der Waals surface area contributed by atoms with Crippen LogP contribution in [0.15, 0.2) is 89.4 Å². The van der Waals surface area contributed by atoms with E-state index in [2.05, 4.69) is 15.6 Å². The summed E-state index contributed by atoms with van der Waals surface area (Å²) < 4.78 is 25.9. The number of carbonyl (C=O) groups excluding carboxylic acids is 3. The quantitative estimate of drug-likeness (QED) is 0.204. The molecule has 3 amide bonds.